The Morgan fingerprint density at radius 2 is 1.63 bits per heavy atom. The van der Waals surface area contributed by atoms with Crippen molar-refractivity contribution in [2.45, 2.75) is 18.7 Å². The van der Waals surface area contributed by atoms with Gasteiger partial charge < -0.3 is 24.5 Å². The monoisotopic (exact) mass is 499 g/mol. The first-order chi connectivity index (χ1) is 16.5. The predicted molar refractivity (Wildman–Crippen MR) is 130 cm³/mol. The SMILES string of the molecule is COc1ccc(-n2c(C)cc(C(=O)N3CCN(S(=O)(=O)c4cc(C(N)=O)n(C)c4)CC3)c2C)cc1. The summed E-state index contributed by atoms with van der Waals surface area (Å²) in [7, 11) is -0.631. The number of ether oxygens (including phenoxy) is 1. The minimum Gasteiger partial charge on any atom is -0.497 e. The summed E-state index contributed by atoms with van der Waals surface area (Å²) in [5.41, 5.74) is 8.68. The number of sulfonamides is 1. The Balaban J connectivity index is 1.50. The van der Waals surface area contributed by atoms with Crippen LogP contribution in [0.1, 0.15) is 32.2 Å². The lowest BCUT2D eigenvalue weighted by Gasteiger charge is -2.33. The molecule has 3 aromatic rings. The van der Waals surface area contributed by atoms with Crippen LogP contribution >= 0.6 is 0 Å². The van der Waals surface area contributed by atoms with Crippen molar-refractivity contribution in [3.05, 3.63) is 65.2 Å². The third-order valence-corrected chi connectivity index (χ3v) is 8.25. The molecule has 0 saturated carbocycles. The summed E-state index contributed by atoms with van der Waals surface area (Å²) in [4.78, 5) is 26.5. The lowest BCUT2D eigenvalue weighted by molar-refractivity contribution is 0.0697. The topological polar surface area (TPSA) is 120 Å². The zero-order chi connectivity index (χ0) is 25.5. The van der Waals surface area contributed by atoms with Gasteiger partial charge in [0.1, 0.15) is 16.3 Å². The quantitative estimate of drug-likeness (QED) is 0.553. The lowest BCUT2D eigenvalue weighted by Crippen LogP contribution is -2.50. The predicted octanol–water partition coefficient (Wildman–Crippen LogP) is 1.69. The second kappa shape index (κ2) is 9.23. The highest BCUT2D eigenvalue weighted by molar-refractivity contribution is 7.89. The van der Waals surface area contributed by atoms with Gasteiger partial charge in [0.15, 0.2) is 0 Å². The highest BCUT2D eigenvalue weighted by Crippen LogP contribution is 2.25. The van der Waals surface area contributed by atoms with Crippen molar-refractivity contribution in [2.24, 2.45) is 12.8 Å². The van der Waals surface area contributed by atoms with E-state index in [0.29, 0.717) is 5.56 Å². The van der Waals surface area contributed by atoms with Crippen LogP contribution in [0.15, 0.2) is 47.5 Å². The van der Waals surface area contributed by atoms with E-state index in [4.69, 9.17) is 10.5 Å². The minimum atomic E-state index is -3.81. The molecule has 0 unspecified atom stereocenters. The fraction of sp³-hybridized carbons (Fsp3) is 0.333. The van der Waals surface area contributed by atoms with Gasteiger partial charge in [0.05, 0.1) is 12.7 Å². The van der Waals surface area contributed by atoms with E-state index >= 15 is 0 Å². The normalized spacial score (nSPS) is 14.8. The van der Waals surface area contributed by atoms with Gasteiger partial charge in [-0.2, -0.15) is 4.31 Å². The molecule has 11 heteroatoms. The van der Waals surface area contributed by atoms with E-state index in [9.17, 15) is 18.0 Å². The van der Waals surface area contributed by atoms with E-state index in [-0.39, 0.29) is 42.7 Å². The van der Waals surface area contributed by atoms with Crippen molar-refractivity contribution in [3.8, 4) is 11.4 Å². The van der Waals surface area contributed by atoms with Crippen LogP contribution < -0.4 is 10.5 Å². The summed E-state index contributed by atoms with van der Waals surface area (Å²) in [5, 5.41) is 0. The molecule has 186 valence electrons. The molecule has 35 heavy (non-hydrogen) atoms. The van der Waals surface area contributed by atoms with Gasteiger partial charge in [-0.1, -0.05) is 0 Å². The Morgan fingerprint density at radius 3 is 2.17 bits per heavy atom. The third-order valence-electron chi connectivity index (χ3n) is 6.39. The van der Waals surface area contributed by atoms with E-state index in [1.807, 2.05) is 48.7 Å². The molecule has 4 rings (SSSR count). The molecule has 0 atom stereocenters. The van der Waals surface area contributed by atoms with Gasteiger partial charge in [-0.15, -0.1) is 0 Å². The summed E-state index contributed by atoms with van der Waals surface area (Å²) in [5.74, 6) is -0.0797. The number of carbonyl (C=O) groups excluding carboxylic acids is 2. The highest BCUT2D eigenvalue weighted by Gasteiger charge is 2.32. The number of primary amides is 1. The van der Waals surface area contributed by atoms with Crippen LogP contribution in [-0.4, -0.2) is 71.9 Å². The number of aromatic nitrogens is 2. The van der Waals surface area contributed by atoms with Crippen LogP contribution in [0.4, 0.5) is 0 Å². The number of carbonyl (C=O) groups is 2. The molecule has 2 amide bonds. The molecular formula is C24H29N5O5S. The molecule has 1 saturated heterocycles. The average Bonchev–Trinajstić information content (AvgIpc) is 3.38. The minimum absolute atomic E-state index is 0.0108. The van der Waals surface area contributed by atoms with Crippen molar-refractivity contribution in [1.82, 2.24) is 18.3 Å². The van der Waals surface area contributed by atoms with Crippen molar-refractivity contribution < 1.29 is 22.7 Å². The molecule has 1 fully saturated rings. The number of methoxy groups -OCH3 is 1. The summed E-state index contributed by atoms with van der Waals surface area (Å²) in [6.45, 7) is 4.69. The van der Waals surface area contributed by atoms with E-state index in [1.54, 1.807) is 19.1 Å². The summed E-state index contributed by atoms with van der Waals surface area (Å²) < 4.78 is 36.1. The van der Waals surface area contributed by atoms with Crippen LogP contribution in [-0.2, 0) is 17.1 Å². The third kappa shape index (κ3) is 4.44. The Morgan fingerprint density at radius 1 is 1.00 bits per heavy atom. The first-order valence-electron chi connectivity index (χ1n) is 11.1. The summed E-state index contributed by atoms with van der Waals surface area (Å²) in [6.07, 6.45) is 1.38. The second-order valence-corrected chi connectivity index (χ2v) is 10.5. The Labute approximate surface area is 204 Å². The van der Waals surface area contributed by atoms with Crippen molar-refractivity contribution >= 4 is 21.8 Å². The van der Waals surface area contributed by atoms with Gasteiger partial charge in [0.2, 0.25) is 10.0 Å². The number of aryl methyl sites for hydroxylation is 2. The van der Waals surface area contributed by atoms with Crippen LogP contribution in [0.3, 0.4) is 0 Å². The summed E-state index contributed by atoms with van der Waals surface area (Å²) >= 11 is 0. The standard InChI is InChI=1S/C24H29N5O5S/c1-16-13-21(17(2)29(16)18-5-7-19(34-4)8-6-18)24(31)27-9-11-28(12-10-27)35(32,33)20-14-22(23(25)30)26(3)15-20/h5-8,13-15H,9-12H2,1-4H3,(H2,25,30). The van der Waals surface area contributed by atoms with Gasteiger partial charge >= 0.3 is 0 Å². The molecule has 3 heterocycles. The molecule has 0 radical (unpaired) electrons. The smallest absolute Gasteiger partial charge is 0.265 e. The Bertz CT molecular complexity index is 1380. The fourth-order valence-corrected chi connectivity index (χ4v) is 5.97. The summed E-state index contributed by atoms with van der Waals surface area (Å²) in [6, 6.07) is 10.8. The van der Waals surface area contributed by atoms with Crippen molar-refractivity contribution in [3.63, 3.8) is 0 Å². The van der Waals surface area contributed by atoms with Crippen LogP contribution in [0.25, 0.3) is 5.69 Å². The van der Waals surface area contributed by atoms with Gasteiger partial charge in [0.25, 0.3) is 11.8 Å². The molecule has 10 nitrogen and oxygen atoms in total. The van der Waals surface area contributed by atoms with E-state index in [1.165, 1.54) is 21.1 Å². The number of piperazine rings is 1. The molecule has 0 aliphatic carbocycles. The number of amides is 2. The Kier molecular flexibility index (Phi) is 6.48. The van der Waals surface area contributed by atoms with Crippen molar-refractivity contribution in [2.75, 3.05) is 33.3 Å². The average molecular weight is 500 g/mol. The van der Waals surface area contributed by atoms with Crippen LogP contribution in [0, 0.1) is 13.8 Å². The number of nitrogens with two attached hydrogens (primary N) is 1. The maximum atomic E-state index is 13.3. The van der Waals surface area contributed by atoms with Crippen LogP contribution in [0.2, 0.25) is 0 Å². The number of hydrogen-bond acceptors (Lipinski definition) is 5. The number of nitrogens with zero attached hydrogens (tertiary/aromatic N) is 4. The highest BCUT2D eigenvalue weighted by atomic mass is 32.2. The van der Waals surface area contributed by atoms with E-state index < -0.39 is 15.9 Å². The molecule has 2 aromatic heterocycles. The van der Waals surface area contributed by atoms with Gasteiger partial charge in [-0.25, -0.2) is 8.42 Å². The fourth-order valence-electron chi connectivity index (χ4n) is 4.48. The maximum Gasteiger partial charge on any atom is 0.265 e. The molecule has 1 aromatic carbocycles. The lowest BCUT2D eigenvalue weighted by atomic mass is 10.2. The number of hydrogen-bond donors (Lipinski definition) is 1. The molecule has 1 aliphatic heterocycles. The first-order valence-corrected chi connectivity index (χ1v) is 12.6. The molecule has 1 aliphatic rings. The molecular weight excluding hydrogens is 470 g/mol. The molecule has 2 N–H and O–H groups in total. The number of rotatable bonds is 6. The van der Waals surface area contributed by atoms with Crippen molar-refractivity contribution in [1.29, 1.82) is 0 Å². The number of benzene rings is 1. The van der Waals surface area contributed by atoms with E-state index in [2.05, 4.69) is 0 Å². The largest absolute Gasteiger partial charge is 0.497 e. The maximum absolute atomic E-state index is 13.3. The van der Waals surface area contributed by atoms with Gasteiger partial charge in [-0.05, 0) is 50.2 Å². The zero-order valence-corrected chi connectivity index (χ0v) is 21.0. The van der Waals surface area contributed by atoms with Gasteiger partial charge in [-0.3, -0.25) is 9.59 Å². The Hall–Kier alpha value is -3.57. The van der Waals surface area contributed by atoms with E-state index in [0.717, 1.165) is 22.8 Å². The molecule has 0 bridgehead atoms. The van der Waals surface area contributed by atoms with Crippen LogP contribution in [0.5, 0.6) is 5.75 Å². The zero-order valence-electron chi connectivity index (χ0n) is 20.2. The van der Waals surface area contributed by atoms with Gasteiger partial charge in [0, 0.05) is 56.5 Å². The molecule has 0 spiro atoms. The first kappa shape index (κ1) is 24.6. The second-order valence-electron chi connectivity index (χ2n) is 8.55.